The van der Waals surface area contributed by atoms with Gasteiger partial charge in [0.05, 0.1) is 0 Å². The van der Waals surface area contributed by atoms with Gasteiger partial charge in [-0.1, -0.05) is 11.6 Å². The number of hydrogen-bond acceptors (Lipinski definition) is 1. The highest BCUT2D eigenvalue weighted by molar-refractivity contribution is 6.31. The quantitative estimate of drug-likeness (QED) is 0.661. The Labute approximate surface area is 73.8 Å². The van der Waals surface area contributed by atoms with Crippen molar-refractivity contribution in [3.05, 3.63) is 45.8 Å². The minimum Gasteiger partial charge on any atom is -0.329 e. The molecular formula is C9H6ClNO. The lowest BCUT2D eigenvalue weighted by molar-refractivity contribution is 1.28. The molecule has 0 aliphatic carbocycles. The zero-order valence-electron chi connectivity index (χ0n) is 6.17. The van der Waals surface area contributed by atoms with Crippen molar-refractivity contribution < 1.29 is 0 Å². The Balaban J connectivity index is 2.96. The zero-order valence-corrected chi connectivity index (χ0v) is 6.93. The molecule has 0 radical (unpaired) electrons. The highest BCUT2D eigenvalue weighted by Crippen LogP contribution is 2.15. The molecule has 1 heterocycles. The van der Waals surface area contributed by atoms with Crippen molar-refractivity contribution in [2.45, 2.75) is 0 Å². The number of hydrogen-bond donors (Lipinski definition) is 1. The number of pyridine rings is 1. The van der Waals surface area contributed by atoms with Gasteiger partial charge in [-0.25, -0.2) is 0 Å². The molecule has 0 bridgehead atoms. The molecule has 0 spiro atoms. The Kier molecular flexibility index (Phi) is 1.62. The molecule has 0 saturated heterocycles. The molecule has 3 heteroatoms. The molecule has 1 aromatic heterocycles. The Morgan fingerprint density at radius 3 is 2.92 bits per heavy atom. The summed E-state index contributed by atoms with van der Waals surface area (Å²) in [6.45, 7) is 0. The van der Waals surface area contributed by atoms with Crippen molar-refractivity contribution >= 4 is 22.4 Å². The fraction of sp³-hybridized carbons (Fsp3) is 0. The molecule has 60 valence electrons. The van der Waals surface area contributed by atoms with E-state index < -0.39 is 0 Å². The summed E-state index contributed by atoms with van der Waals surface area (Å²) in [6, 6.07) is 7.02. The number of aromatic amines is 1. The van der Waals surface area contributed by atoms with Crippen LogP contribution >= 0.6 is 11.6 Å². The highest BCUT2D eigenvalue weighted by Gasteiger charge is 1.96. The molecular weight excluding hydrogens is 174 g/mol. The van der Waals surface area contributed by atoms with E-state index in [2.05, 4.69) is 4.98 Å². The van der Waals surface area contributed by atoms with Crippen LogP contribution in [0.1, 0.15) is 0 Å². The van der Waals surface area contributed by atoms with E-state index in [0.29, 0.717) is 10.4 Å². The van der Waals surface area contributed by atoms with Crippen LogP contribution < -0.4 is 5.56 Å². The maximum absolute atomic E-state index is 11.2. The van der Waals surface area contributed by atoms with Crippen LogP contribution in [0.25, 0.3) is 10.8 Å². The topological polar surface area (TPSA) is 32.9 Å². The molecule has 2 aromatic rings. The second-order valence-electron chi connectivity index (χ2n) is 2.54. The van der Waals surface area contributed by atoms with Crippen LogP contribution in [0.5, 0.6) is 0 Å². The molecule has 0 amide bonds. The lowest BCUT2D eigenvalue weighted by Crippen LogP contribution is -2.03. The largest absolute Gasteiger partial charge is 0.329 e. The van der Waals surface area contributed by atoms with Gasteiger partial charge in [-0.3, -0.25) is 4.79 Å². The van der Waals surface area contributed by atoms with Gasteiger partial charge in [0.15, 0.2) is 0 Å². The lowest BCUT2D eigenvalue weighted by atomic mass is 10.2. The first kappa shape index (κ1) is 7.37. The van der Waals surface area contributed by atoms with Crippen molar-refractivity contribution in [1.29, 1.82) is 0 Å². The van der Waals surface area contributed by atoms with Crippen LogP contribution in [0.15, 0.2) is 35.3 Å². The average Bonchev–Trinajstić information content (AvgIpc) is 2.04. The summed E-state index contributed by atoms with van der Waals surface area (Å²) in [5.41, 5.74) is -0.0795. The van der Waals surface area contributed by atoms with Gasteiger partial charge in [0, 0.05) is 16.6 Å². The van der Waals surface area contributed by atoms with Gasteiger partial charge in [0.2, 0.25) is 0 Å². The average molecular weight is 180 g/mol. The standard InChI is InChI=1S/C9H6ClNO/c10-7-1-2-8-6(5-7)3-4-11-9(8)12/h1-5H,(H,11,12). The molecule has 1 aromatic carbocycles. The summed E-state index contributed by atoms with van der Waals surface area (Å²) >= 11 is 5.76. The van der Waals surface area contributed by atoms with Crippen LogP contribution in [-0.2, 0) is 0 Å². The first-order valence-electron chi connectivity index (χ1n) is 3.54. The van der Waals surface area contributed by atoms with Gasteiger partial charge in [0.1, 0.15) is 0 Å². The van der Waals surface area contributed by atoms with E-state index in [-0.39, 0.29) is 5.56 Å². The fourth-order valence-electron chi connectivity index (χ4n) is 1.16. The first-order valence-corrected chi connectivity index (χ1v) is 3.92. The van der Waals surface area contributed by atoms with Crippen LogP contribution in [0.4, 0.5) is 0 Å². The fourth-order valence-corrected chi connectivity index (χ4v) is 1.34. The molecule has 0 saturated carbocycles. The second-order valence-corrected chi connectivity index (χ2v) is 2.97. The van der Waals surface area contributed by atoms with Gasteiger partial charge < -0.3 is 4.98 Å². The molecule has 0 atom stereocenters. The van der Waals surface area contributed by atoms with Crippen molar-refractivity contribution in [3.63, 3.8) is 0 Å². The minimum absolute atomic E-state index is 0.0795. The summed E-state index contributed by atoms with van der Waals surface area (Å²) < 4.78 is 0. The van der Waals surface area contributed by atoms with Crippen LogP contribution in [0.2, 0.25) is 5.02 Å². The second kappa shape index (κ2) is 2.64. The summed E-state index contributed by atoms with van der Waals surface area (Å²) in [5.74, 6) is 0. The molecule has 0 aliphatic rings. The van der Waals surface area contributed by atoms with Gasteiger partial charge in [-0.05, 0) is 29.7 Å². The highest BCUT2D eigenvalue weighted by atomic mass is 35.5. The smallest absolute Gasteiger partial charge is 0.255 e. The van der Waals surface area contributed by atoms with Crippen molar-refractivity contribution in [2.75, 3.05) is 0 Å². The summed E-state index contributed by atoms with van der Waals surface area (Å²) in [6.07, 6.45) is 1.61. The van der Waals surface area contributed by atoms with Crippen molar-refractivity contribution in [2.24, 2.45) is 0 Å². The summed E-state index contributed by atoms with van der Waals surface area (Å²) in [7, 11) is 0. The molecule has 0 aliphatic heterocycles. The molecule has 0 unspecified atom stereocenters. The normalized spacial score (nSPS) is 10.4. The molecule has 2 rings (SSSR count). The first-order chi connectivity index (χ1) is 5.77. The number of H-pyrrole nitrogens is 1. The molecule has 2 nitrogen and oxygen atoms in total. The van der Waals surface area contributed by atoms with Gasteiger partial charge >= 0.3 is 0 Å². The molecule has 0 fully saturated rings. The number of aromatic nitrogens is 1. The van der Waals surface area contributed by atoms with Crippen molar-refractivity contribution in [1.82, 2.24) is 4.98 Å². The van der Waals surface area contributed by atoms with Crippen LogP contribution in [0, 0.1) is 0 Å². The lowest BCUT2D eigenvalue weighted by Gasteiger charge is -1.95. The van der Waals surface area contributed by atoms with Gasteiger partial charge in [-0.2, -0.15) is 0 Å². The number of halogens is 1. The van der Waals surface area contributed by atoms with E-state index in [0.717, 1.165) is 5.39 Å². The van der Waals surface area contributed by atoms with Crippen molar-refractivity contribution in [3.8, 4) is 0 Å². The third kappa shape index (κ3) is 1.10. The van der Waals surface area contributed by atoms with Crippen LogP contribution in [-0.4, -0.2) is 4.98 Å². The predicted molar refractivity (Wildman–Crippen MR) is 49.6 cm³/mol. The Hall–Kier alpha value is -1.28. The van der Waals surface area contributed by atoms with E-state index >= 15 is 0 Å². The maximum atomic E-state index is 11.2. The summed E-state index contributed by atoms with van der Waals surface area (Å²) in [5, 5.41) is 2.18. The van der Waals surface area contributed by atoms with E-state index in [9.17, 15) is 4.79 Å². The Morgan fingerprint density at radius 2 is 2.08 bits per heavy atom. The van der Waals surface area contributed by atoms with Gasteiger partial charge in [-0.15, -0.1) is 0 Å². The molecule has 1 N–H and O–H groups in total. The Morgan fingerprint density at radius 1 is 1.25 bits per heavy atom. The third-order valence-electron chi connectivity index (χ3n) is 1.74. The number of fused-ring (bicyclic) bond motifs is 1. The third-order valence-corrected chi connectivity index (χ3v) is 1.97. The van der Waals surface area contributed by atoms with E-state index in [4.69, 9.17) is 11.6 Å². The number of nitrogens with one attached hydrogen (secondary N) is 1. The Bertz CT molecular complexity index is 475. The van der Waals surface area contributed by atoms with Gasteiger partial charge in [0.25, 0.3) is 5.56 Å². The number of rotatable bonds is 0. The monoisotopic (exact) mass is 179 g/mol. The van der Waals surface area contributed by atoms with E-state index in [1.165, 1.54) is 0 Å². The van der Waals surface area contributed by atoms with E-state index in [1.54, 1.807) is 24.4 Å². The minimum atomic E-state index is -0.0795. The SMILES string of the molecule is O=c1[nH]ccc2cc(Cl)ccc12. The van der Waals surface area contributed by atoms with Crippen LogP contribution in [0.3, 0.4) is 0 Å². The predicted octanol–water partition coefficient (Wildman–Crippen LogP) is 2.18. The van der Waals surface area contributed by atoms with E-state index in [1.807, 2.05) is 6.07 Å². The summed E-state index contributed by atoms with van der Waals surface area (Å²) in [4.78, 5) is 13.8. The zero-order chi connectivity index (χ0) is 8.55. The number of benzene rings is 1. The maximum Gasteiger partial charge on any atom is 0.255 e. The molecule has 12 heavy (non-hydrogen) atoms.